The maximum atomic E-state index is 12.3. The SMILES string of the molecule is C[C@@H](CCc1ccccc1)NC(=O)CN1CCN(Cc2ccccn2)CC1. The van der Waals surface area contributed by atoms with Crippen LogP contribution in [0.4, 0.5) is 0 Å². The molecule has 3 rings (SSSR count). The topological polar surface area (TPSA) is 48.5 Å². The third-order valence-electron chi connectivity index (χ3n) is 5.06. The first kappa shape index (κ1) is 19.5. The third-order valence-corrected chi connectivity index (χ3v) is 5.06. The molecule has 0 aliphatic carbocycles. The maximum absolute atomic E-state index is 12.3. The molecule has 144 valence electrons. The fraction of sp³-hybridized carbons (Fsp3) is 0.455. The summed E-state index contributed by atoms with van der Waals surface area (Å²) in [6.45, 7) is 7.29. The summed E-state index contributed by atoms with van der Waals surface area (Å²) in [6, 6.07) is 16.7. The summed E-state index contributed by atoms with van der Waals surface area (Å²) in [7, 11) is 0. The van der Waals surface area contributed by atoms with E-state index in [4.69, 9.17) is 0 Å². The first-order chi connectivity index (χ1) is 13.2. The molecule has 5 nitrogen and oxygen atoms in total. The highest BCUT2D eigenvalue weighted by molar-refractivity contribution is 5.78. The van der Waals surface area contributed by atoms with Crippen LogP contribution in [0.2, 0.25) is 0 Å². The van der Waals surface area contributed by atoms with Crippen molar-refractivity contribution in [1.29, 1.82) is 0 Å². The molecule has 2 aromatic rings. The molecule has 0 bridgehead atoms. The van der Waals surface area contributed by atoms with E-state index in [1.165, 1.54) is 5.56 Å². The summed E-state index contributed by atoms with van der Waals surface area (Å²) in [4.78, 5) is 21.4. The Bertz CT molecular complexity index is 684. The summed E-state index contributed by atoms with van der Waals surface area (Å²) >= 11 is 0. The summed E-state index contributed by atoms with van der Waals surface area (Å²) in [6.07, 6.45) is 3.80. The van der Waals surface area contributed by atoms with E-state index in [9.17, 15) is 4.79 Å². The fourth-order valence-electron chi connectivity index (χ4n) is 3.45. The van der Waals surface area contributed by atoms with Gasteiger partial charge in [-0.3, -0.25) is 19.6 Å². The van der Waals surface area contributed by atoms with E-state index in [-0.39, 0.29) is 11.9 Å². The van der Waals surface area contributed by atoms with Crippen LogP contribution in [0.15, 0.2) is 54.7 Å². The standard InChI is InChI=1S/C22H30N4O/c1-19(10-11-20-7-3-2-4-8-20)24-22(27)18-26-15-13-25(14-16-26)17-21-9-5-6-12-23-21/h2-9,12,19H,10-11,13-18H2,1H3,(H,24,27)/t19-/m0/s1. The van der Waals surface area contributed by atoms with Crippen molar-refractivity contribution < 1.29 is 4.79 Å². The van der Waals surface area contributed by atoms with Crippen molar-refractivity contribution in [1.82, 2.24) is 20.1 Å². The smallest absolute Gasteiger partial charge is 0.234 e. The Morgan fingerprint density at radius 1 is 1.04 bits per heavy atom. The highest BCUT2D eigenvalue weighted by Crippen LogP contribution is 2.07. The number of pyridine rings is 1. The van der Waals surface area contributed by atoms with E-state index in [1.807, 2.05) is 24.4 Å². The second-order valence-electron chi connectivity index (χ2n) is 7.37. The van der Waals surface area contributed by atoms with E-state index < -0.39 is 0 Å². The summed E-state index contributed by atoms with van der Waals surface area (Å²) in [5.41, 5.74) is 2.43. The lowest BCUT2D eigenvalue weighted by Gasteiger charge is -2.34. The van der Waals surface area contributed by atoms with E-state index in [0.717, 1.165) is 51.3 Å². The number of hydrogen-bond acceptors (Lipinski definition) is 4. The Labute approximate surface area is 162 Å². The first-order valence-electron chi connectivity index (χ1n) is 9.87. The largest absolute Gasteiger partial charge is 0.353 e. The van der Waals surface area contributed by atoms with Crippen molar-refractivity contribution in [3.05, 3.63) is 66.0 Å². The minimum atomic E-state index is 0.133. The van der Waals surface area contributed by atoms with Gasteiger partial charge in [0, 0.05) is 45.0 Å². The molecule has 1 aliphatic rings. The Kier molecular flexibility index (Phi) is 7.36. The highest BCUT2D eigenvalue weighted by Gasteiger charge is 2.19. The van der Waals surface area contributed by atoms with Crippen LogP contribution in [-0.4, -0.2) is 59.5 Å². The number of amides is 1. The van der Waals surface area contributed by atoms with Gasteiger partial charge < -0.3 is 5.32 Å². The minimum Gasteiger partial charge on any atom is -0.353 e. The van der Waals surface area contributed by atoms with Gasteiger partial charge in [0.1, 0.15) is 0 Å². The van der Waals surface area contributed by atoms with E-state index in [0.29, 0.717) is 6.54 Å². The van der Waals surface area contributed by atoms with Crippen LogP contribution in [0.25, 0.3) is 0 Å². The maximum Gasteiger partial charge on any atom is 0.234 e. The van der Waals surface area contributed by atoms with Crippen molar-refractivity contribution in [3.8, 4) is 0 Å². The quantitative estimate of drug-likeness (QED) is 0.779. The Hall–Kier alpha value is -2.24. The molecule has 1 amide bonds. The molecule has 1 saturated heterocycles. The number of carbonyl (C=O) groups excluding carboxylic acids is 1. The van der Waals surface area contributed by atoms with Gasteiger partial charge in [0.15, 0.2) is 0 Å². The molecule has 0 radical (unpaired) electrons. The van der Waals surface area contributed by atoms with E-state index in [1.54, 1.807) is 0 Å². The van der Waals surface area contributed by atoms with Gasteiger partial charge in [0.05, 0.1) is 12.2 Å². The number of carbonyl (C=O) groups is 1. The molecule has 0 spiro atoms. The normalized spacial score (nSPS) is 16.8. The van der Waals surface area contributed by atoms with Crippen molar-refractivity contribution in [2.45, 2.75) is 32.4 Å². The molecule has 1 aromatic carbocycles. The lowest BCUT2D eigenvalue weighted by molar-refractivity contribution is -0.123. The van der Waals surface area contributed by atoms with Crippen LogP contribution in [0, 0.1) is 0 Å². The van der Waals surface area contributed by atoms with Gasteiger partial charge in [-0.15, -0.1) is 0 Å². The molecule has 0 saturated carbocycles. The van der Waals surface area contributed by atoms with Crippen molar-refractivity contribution >= 4 is 5.91 Å². The van der Waals surface area contributed by atoms with Crippen LogP contribution < -0.4 is 5.32 Å². The zero-order chi connectivity index (χ0) is 18.9. The molecular formula is C22H30N4O. The number of benzene rings is 1. The molecule has 27 heavy (non-hydrogen) atoms. The van der Waals surface area contributed by atoms with Crippen LogP contribution in [0.1, 0.15) is 24.6 Å². The van der Waals surface area contributed by atoms with Crippen molar-refractivity contribution in [3.63, 3.8) is 0 Å². The van der Waals surface area contributed by atoms with Gasteiger partial charge >= 0.3 is 0 Å². The number of rotatable bonds is 8. The number of aryl methyl sites for hydroxylation is 1. The number of aromatic nitrogens is 1. The zero-order valence-corrected chi connectivity index (χ0v) is 16.2. The van der Waals surface area contributed by atoms with E-state index in [2.05, 4.69) is 57.4 Å². The van der Waals surface area contributed by atoms with Gasteiger partial charge in [0.25, 0.3) is 0 Å². The summed E-state index contributed by atoms with van der Waals surface area (Å²) < 4.78 is 0. The minimum absolute atomic E-state index is 0.133. The molecular weight excluding hydrogens is 336 g/mol. The molecule has 1 atom stereocenters. The number of piperazine rings is 1. The summed E-state index contributed by atoms with van der Waals surface area (Å²) in [5.74, 6) is 0.133. The second kappa shape index (κ2) is 10.2. The molecule has 1 aromatic heterocycles. The van der Waals surface area contributed by atoms with Crippen LogP contribution in [-0.2, 0) is 17.8 Å². The van der Waals surface area contributed by atoms with E-state index >= 15 is 0 Å². The van der Waals surface area contributed by atoms with Gasteiger partial charge in [-0.25, -0.2) is 0 Å². The zero-order valence-electron chi connectivity index (χ0n) is 16.2. The fourth-order valence-corrected chi connectivity index (χ4v) is 3.45. The number of nitrogens with zero attached hydrogens (tertiary/aromatic N) is 3. The Morgan fingerprint density at radius 2 is 1.74 bits per heavy atom. The molecule has 1 aliphatic heterocycles. The Balaban J connectivity index is 1.33. The highest BCUT2D eigenvalue weighted by atomic mass is 16.2. The average Bonchev–Trinajstić information content (AvgIpc) is 2.69. The third kappa shape index (κ3) is 6.77. The van der Waals surface area contributed by atoms with Gasteiger partial charge in [-0.1, -0.05) is 36.4 Å². The van der Waals surface area contributed by atoms with Crippen molar-refractivity contribution in [2.24, 2.45) is 0 Å². The monoisotopic (exact) mass is 366 g/mol. The Morgan fingerprint density at radius 3 is 2.44 bits per heavy atom. The molecule has 1 fully saturated rings. The van der Waals surface area contributed by atoms with Crippen molar-refractivity contribution in [2.75, 3.05) is 32.7 Å². The first-order valence-corrected chi connectivity index (χ1v) is 9.87. The molecule has 2 heterocycles. The van der Waals surface area contributed by atoms with Gasteiger partial charge in [-0.2, -0.15) is 0 Å². The predicted octanol–water partition coefficient (Wildman–Crippen LogP) is 2.34. The van der Waals surface area contributed by atoms with Gasteiger partial charge in [0.2, 0.25) is 5.91 Å². The summed E-state index contributed by atoms with van der Waals surface area (Å²) in [5, 5.41) is 3.14. The predicted molar refractivity (Wildman–Crippen MR) is 108 cm³/mol. The second-order valence-corrected chi connectivity index (χ2v) is 7.37. The lowest BCUT2D eigenvalue weighted by Crippen LogP contribution is -2.50. The van der Waals surface area contributed by atoms with Gasteiger partial charge in [-0.05, 0) is 37.5 Å². The average molecular weight is 367 g/mol. The van der Waals surface area contributed by atoms with Crippen LogP contribution in [0.3, 0.4) is 0 Å². The number of nitrogens with one attached hydrogen (secondary N) is 1. The molecule has 1 N–H and O–H groups in total. The van der Waals surface area contributed by atoms with Crippen LogP contribution >= 0.6 is 0 Å². The molecule has 0 unspecified atom stereocenters. The van der Waals surface area contributed by atoms with Crippen LogP contribution in [0.5, 0.6) is 0 Å². The number of hydrogen-bond donors (Lipinski definition) is 1. The molecule has 5 heteroatoms. The lowest BCUT2D eigenvalue weighted by atomic mass is 10.1.